The van der Waals surface area contributed by atoms with Crippen LogP contribution >= 0.6 is 57.7 Å². The third-order valence-electron chi connectivity index (χ3n) is 2.47. The highest BCUT2D eigenvalue weighted by Crippen LogP contribution is 2.36. The van der Waals surface area contributed by atoms with Gasteiger partial charge in [0, 0.05) is 11.6 Å². The van der Waals surface area contributed by atoms with E-state index >= 15 is 0 Å². The van der Waals surface area contributed by atoms with Crippen LogP contribution in [0.3, 0.4) is 0 Å². The zero-order valence-electron chi connectivity index (χ0n) is 10.2. The molecule has 1 aromatic heterocycles. The zero-order valence-corrected chi connectivity index (χ0v) is 14.0. The highest BCUT2D eigenvalue weighted by molar-refractivity contribution is 7.20. The van der Waals surface area contributed by atoms with E-state index in [0.29, 0.717) is 31.6 Å². The van der Waals surface area contributed by atoms with Gasteiger partial charge in [-0.15, -0.1) is 11.3 Å². The Morgan fingerprint density at radius 2 is 1.80 bits per heavy atom. The summed E-state index contributed by atoms with van der Waals surface area (Å²) in [5.41, 5.74) is 0.570. The fraction of sp³-hybridized carbons (Fsp3) is 0.154. The van der Waals surface area contributed by atoms with E-state index in [2.05, 4.69) is 0 Å². The smallest absolute Gasteiger partial charge is 0.196 e. The SMILES string of the molecule is CCOc1cc(Cl)c(C(=O)c2cc(Cl)sc2Cl)cc1Cl. The minimum absolute atomic E-state index is 0.251. The summed E-state index contributed by atoms with van der Waals surface area (Å²) in [5, 5.41) is 0.568. The first-order chi connectivity index (χ1) is 9.43. The van der Waals surface area contributed by atoms with E-state index in [1.807, 2.05) is 6.92 Å². The molecule has 0 spiro atoms. The third kappa shape index (κ3) is 3.23. The van der Waals surface area contributed by atoms with Gasteiger partial charge in [0.15, 0.2) is 5.78 Å². The van der Waals surface area contributed by atoms with Crippen molar-refractivity contribution in [1.82, 2.24) is 0 Å². The molecule has 2 aromatic rings. The second-order valence-electron chi connectivity index (χ2n) is 3.76. The molecule has 1 aromatic carbocycles. The van der Waals surface area contributed by atoms with Crippen LogP contribution in [-0.2, 0) is 0 Å². The largest absolute Gasteiger partial charge is 0.492 e. The van der Waals surface area contributed by atoms with E-state index in [0.717, 1.165) is 11.3 Å². The number of ether oxygens (including phenoxy) is 1. The van der Waals surface area contributed by atoms with Gasteiger partial charge in [-0.25, -0.2) is 0 Å². The number of carbonyl (C=O) groups excluding carboxylic acids is 1. The Bertz CT molecular complexity index is 667. The molecule has 2 rings (SSSR count). The van der Waals surface area contributed by atoms with Crippen LogP contribution in [-0.4, -0.2) is 12.4 Å². The Morgan fingerprint density at radius 1 is 1.10 bits per heavy atom. The summed E-state index contributed by atoms with van der Waals surface area (Å²) >= 11 is 25.1. The average Bonchev–Trinajstić information content (AvgIpc) is 2.72. The quantitative estimate of drug-likeness (QED) is 0.618. The van der Waals surface area contributed by atoms with E-state index in [1.54, 1.807) is 0 Å². The number of halogens is 4. The van der Waals surface area contributed by atoms with Crippen molar-refractivity contribution in [2.45, 2.75) is 6.92 Å². The Balaban J connectivity index is 2.45. The predicted octanol–water partition coefficient (Wildman–Crippen LogP) is 5.99. The van der Waals surface area contributed by atoms with Gasteiger partial charge in [0.1, 0.15) is 10.1 Å². The molecule has 0 aliphatic rings. The van der Waals surface area contributed by atoms with Crippen molar-refractivity contribution in [3.8, 4) is 5.75 Å². The Hall–Kier alpha value is -0.450. The summed E-state index contributed by atoms with van der Waals surface area (Å²) in [6, 6.07) is 4.50. The first-order valence-corrected chi connectivity index (χ1v) is 7.88. The Kier molecular flexibility index (Phi) is 5.21. The molecule has 0 fully saturated rings. The molecule has 106 valence electrons. The van der Waals surface area contributed by atoms with Crippen molar-refractivity contribution in [2.75, 3.05) is 6.61 Å². The molecule has 0 aliphatic heterocycles. The number of carbonyl (C=O) groups is 1. The predicted molar refractivity (Wildman–Crippen MR) is 85.4 cm³/mol. The summed E-state index contributed by atoms with van der Waals surface area (Å²) in [6.45, 7) is 2.28. The molecular formula is C13H8Cl4O2S. The maximum Gasteiger partial charge on any atom is 0.196 e. The van der Waals surface area contributed by atoms with E-state index in [1.165, 1.54) is 18.2 Å². The molecule has 0 bridgehead atoms. The molecule has 0 saturated heterocycles. The monoisotopic (exact) mass is 368 g/mol. The lowest BCUT2D eigenvalue weighted by Gasteiger charge is -2.09. The summed E-state index contributed by atoms with van der Waals surface area (Å²) in [5.74, 6) is 0.110. The van der Waals surface area contributed by atoms with E-state index in [9.17, 15) is 4.79 Å². The second kappa shape index (κ2) is 6.54. The molecular weight excluding hydrogens is 362 g/mol. The normalized spacial score (nSPS) is 10.7. The van der Waals surface area contributed by atoms with E-state index in [4.69, 9.17) is 51.1 Å². The standard InChI is InChI=1S/C13H8Cl4O2S/c1-2-19-10-5-8(14)6(3-9(10)15)12(18)7-4-11(16)20-13(7)17/h3-5H,2H2,1H3. The van der Waals surface area contributed by atoms with Gasteiger partial charge in [0.2, 0.25) is 0 Å². The number of hydrogen-bond acceptors (Lipinski definition) is 3. The average molecular weight is 370 g/mol. The maximum absolute atomic E-state index is 12.4. The van der Waals surface area contributed by atoms with Crippen LogP contribution < -0.4 is 4.74 Å². The molecule has 0 N–H and O–H groups in total. The van der Waals surface area contributed by atoms with Crippen molar-refractivity contribution < 1.29 is 9.53 Å². The lowest BCUT2D eigenvalue weighted by atomic mass is 10.1. The van der Waals surface area contributed by atoms with Crippen molar-refractivity contribution in [2.24, 2.45) is 0 Å². The minimum Gasteiger partial charge on any atom is -0.492 e. The van der Waals surface area contributed by atoms with Crippen LogP contribution in [0.1, 0.15) is 22.8 Å². The van der Waals surface area contributed by atoms with Gasteiger partial charge in [-0.2, -0.15) is 0 Å². The summed E-state index contributed by atoms with van der Waals surface area (Å²) < 4.78 is 6.07. The zero-order chi connectivity index (χ0) is 14.9. The van der Waals surface area contributed by atoms with Crippen molar-refractivity contribution in [1.29, 1.82) is 0 Å². The minimum atomic E-state index is -0.326. The van der Waals surface area contributed by atoms with Crippen molar-refractivity contribution in [3.05, 3.63) is 48.0 Å². The fourth-order valence-corrected chi connectivity index (χ4v) is 3.52. The molecule has 0 atom stereocenters. The maximum atomic E-state index is 12.4. The summed E-state index contributed by atoms with van der Waals surface area (Å²) in [7, 11) is 0. The Morgan fingerprint density at radius 3 is 2.35 bits per heavy atom. The molecule has 2 nitrogen and oxygen atoms in total. The van der Waals surface area contributed by atoms with E-state index < -0.39 is 0 Å². The van der Waals surface area contributed by atoms with Gasteiger partial charge in [-0.05, 0) is 19.1 Å². The number of benzene rings is 1. The number of rotatable bonds is 4. The number of thiophene rings is 1. The van der Waals surface area contributed by atoms with Gasteiger partial charge in [0.25, 0.3) is 0 Å². The van der Waals surface area contributed by atoms with Crippen LogP contribution in [0.2, 0.25) is 18.7 Å². The lowest BCUT2D eigenvalue weighted by molar-refractivity contribution is 0.103. The highest BCUT2D eigenvalue weighted by atomic mass is 35.5. The first kappa shape index (κ1) is 15.9. The molecule has 0 saturated carbocycles. The van der Waals surface area contributed by atoms with Crippen LogP contribution in [0.5, 0.6) is 5.75 Å². The molecule has 0 amide bonds. The van der Waals surface area contributed by atoms with Gasteiger partial charge in [-0.1, -0.05) is 46.4 Å². The second-order valence-corrected chi connectivity index (χ2v) is 6.86. The van der Waals surface area contributed by atoms with Crippen LogP contribution in [0.4, 0.5) is 0 Å². The molecule has 1 heterocycles. The van der Waals surface area contributed by atoms with Crippen molar-refractivity contribution >= 4 is 63.5 Å². The lowest BCUT2D eigenvalue weighted by Crippen LogP contribution is -2.02. The number of hydrogen-bond donors (Lipinski definition) is 0. The highest BCUT2D eigenvalue weighted by Gasteiger charge is 2.20. The van der Waals surface area contributed by atoms with Crippen molar-refractivity contribution in [3.63, 3.8) is 0 Å². The summed E-state index contributed by atoms with van der Waals surface area (Å²) in [6.07, 6.45) is 0. The molecule has 0 unspecified atom stereocenters. The third-order valence-corrected chi connectivity index (χ3v) is 4.56. The molecule has 0 radical (unpaired) electrons. The Labute approximate surface area is 140 Å². The first-order valence-electron chi connectivity index (χ1n) is 5.55. The fourth-order valence-electron chi connectivity index (χ4n) is 1.61. The molecule has 20 heavy (non-hydrogen) atoms. The van der Waals surface area contributed by atoms with Gasteiger partial charge in [-0.3, -0.25) is 4.79 Å². The molecule has 0 aliphatic carbocycles. The van der Waals surface area contributed by atoms with E-state index in [-0.39, 0.29) is 16.4 Å². The van der Waals surface area contributed by atoms with Crippen LogP contribution in [0.25, 0.3) is 0 Å². The number of ketones is 1. The topological polar surface area (TPSA) is 26.3 Å². The van der Waals surface area contributed by atoms with Crippen LogP contribution in [0, 0.1) is 0 Å². The summed E-state index contributed by atoms with van der Waals surface area (Å²) in [4.78, 5) is 12.4. The molecule has 7 heteroatoms. The van der Waals surface area contributed by atoms with Crippen LogP contribution in [0.15, 0.2) is 18.2 Å². The van der Waals surface area contributed by atoms with Gasteiger partial charge >= 0.3 is 0 Å². The van der Waals surface area contributed by atoms with Gasteiger partial charge in [0.05, 0.1) is 26.6 Å². The van der Waals surface area contributed by atoms with Gasteiger partial charge < -0.3 is 4.74 Å².